The molecule has 0 aliphatic heterocycles. The zero-order valence-corrected chi connectivity index (χ0v) is 20.4. The average Bonchev–Trinajstić information content (AvgIpc) is 2.89. The largest absolute Gasteiger partial charge is 0.507 e. The van der Waals surface area contributed by atoms with Crippen LogP contribution in [0, 0.1) is 0 Å². The van der Waals surface area contributed by atoms with E-state index in [9.17, 15) is 15.0 Å². The quantitative estimate of drug-likeness (QED) is 0.407. The van der Waals surface area contributed by atoms with Gasteiger partial charge in [-0.1, -0.05) is 56.7 Å². The van der Waals surface area contributed by atoms with E-state index in [4.69, 9.17) is 9.15 Å². The van der Waals surface area contributed by atoms with Crippen molar-refractivity contribution in [2.45, 2.75) is 82.3 Å². The van der Waals surface area contributed by atoms with Crippen LogP contribution in [0.4, 0.5) is 0 Å². The molecule has 6 heteroatoms. The van der Waals surface area contributed by atoms with Crippen LogP contribution in [-0.2, 0) is 0 Å². The summed E-state index contributed by atoms with van der Waals surface area (Å²) in [6.45, 7) is 0. The van der Waals surface area contributed by atoms with Gasteiger partial charge in [0.1, 0.15) is 16.9 Å². The number of nitrogens with zero attached hydrogens (tertiary/aromatic N) is 1. The minimum atomic E-state index is -0.519. The molecule has 2 saturated carbocycles. The second-order valence-corrected chi connectivity index (χ2v) is 10.0. The summed E-state index contributed by atoms with van der Waals surface area (Å²) < 4.78 is 11.2. The summed E-state index contributed by atoms with van der Waals surface area (Å²) in [5.41, 5.74) is 0.943. The zero-order chi connectivity index (χ0) is 24.4. The fourth-order valence-corrected chi connectivity index (χ4v) is 6.22. The molecule has 1 unspecified atom stereocenters. The normalized spacial score (nSPS) is 18.7. The third-order valence-corrected chi connectivity index (χ3v) is 7.90. The zero-order valence-electron chi connectivity index (χ0n) is 20.4. The molecule has 5 rings (SSSR count). The van der Waals surface area contributed by atoms with Crippen LogP contribution >= 0.6 is 0 Å². The van der Waals surface area contributed by atoms with Crippen molar-refractivity contribution in [3.63, 3.8) is 0 Å². The lowest BCUT2D eigenvalue weighted by molar-refractivity contribution is 0.0496. The molecule has 0 amide bonds. The van der Waals surface area contributed by atoms with Crippen molar-refractivity contribution in [2.24, 2.45) is 0 Å². The Balaban J connectivity index is 1.75. The molecule has 2 aliphatic carbocycles. The fourth-order valence-electron chi connectivity index (χ4n) is 6.22. The van der Waals surface area contributed by atoms with Gasteiger partial charge >= 0.3 is 5.63 Å². The van der Waals surface area contributed by atoms with Crippen molar-refractivity contribution in [1.29, 1.82) is 0 Å². The summed E-state index contributed by atoms with van der Waals surface area (Å²) in [5, 5.41) is 22.4. The highest BCUT2D eigenvalue weighted by Crippen LogP contribution is 2.44. The number of methoxy groups -OCH3 is 1. The third kappa shape index (κ3) is 4.64. The van der Waals surface area contributed by atoms with Crippen LogP contribution in [0.5, 0.6) is 17.2 Å². The van der Waals surface area contributed by atoms with E-state index in [0.717, 1.165) is 56.9 Å². The summed E-state index contributed by atoms with van der Waals surface area (Å²) in [4.78, 5) is 16.0. The van der Waals surface area contributed by atoms with Gasteiger partial charge < -0.3 is 19.4 Å². The summed E-state index contributed by atoms with van der Waals surface area (Å²) in [6, 6.07) is 12.5. The van der Waals surface area contributed by atoms with E-state index in [2.05, 4.69) is 4.90 Å². The van der Waals surface area contributed by atoms with Crippen LogP contribution in [0.15, 0.2) is 51.7 Å². The SMILES string of the molecule is COc1cc(C(c2c(O)c3ccccc3oc2=O)N(C2CCCCC2)C2CCCCC2)ccc1O. The predicted octanol–water partition coefficient (Wildman–Crippen LogP) is 6.27. The van der Waals surface area contributed by atoms with E-state index < -0.39 is 11.7 Å². The fraction of sp³-hybridized carbons (Fsp3) is 0.483. The smallest absolute Gasteiger partial charge is 0.345 e. The molecule has 2 N–H and O–H groups in total. The molecule has 1 heterocycles. The number of phenolic OH excluding ortho intramolecular Hbond substituents is 1. The summed E-state index contributed by atoms with van der Waals surface area (Å²) in [7, 11) is 1.52. The van der Waals surface area contributed by atoms with E-state index in [1.165, 1.54) is 20.0 Å². The summed E-state index contributed by atoms with van der Waals surface area (Å²) in [5.74, 6) is 0.376. The third-order valence-electron chi connectivity index (χ3n) is 7.90. The molecule has 1 aromatic heterocycles. The van der Waals surface area contributed by atoms with Gasteiger partial charge in [-0.05, 0) is 55.5 Å². The van der Waals surface area contributed by atoms with E-state index in [0.29, 0.717) is 28.8 Å². The Bertz CT molecular complexity index is 1210. The Hall–Kier alpha value is -2.99. The average molecular weight is 478 g/mol. The number of ether oxygens (including phenoxy) is 1. The molecule has 35 heavy (non-hydrogen) atoms. The van der Waals surface area contributed by atoms with E-state index in [-0.39, 0.29) is 17.1 Å². The van der Waals surface area contributed by atoms with Gasteiger partial charge in [-0.3, -0.25) is 4.90 Å². The first-order valence-corrected chi connectivity index (χ1v) is 13.0. The molecular formula is C29H35NO5. The van der Waals surface area contributed by atoms with E-state index in [1.807, 2.05) is 12.1 Å². The Labute approximate surface area is 206 Å². The van der Waals surface area contributed by atoms with E-state index >= 15 is 0 Å². The van der Waals surface area contributed by atoms with Crippen LogP contribution in [0.25, 0.3) is 11.0 Å². The van der Waals surface area contributed by atoms with Crippen LogP contribution in [0.3, 0.4) is 0 Å². The minimum Gasteiger partial charge on any atom is -0.507 e. The summed E-state index contributed by atoms with van der Waals surface area (Å²) >= 11 is 0. The van der Waals surface area contributed by atoms with Gasteiger partial charge in [0.05, 0.1) is 18.5 Å². The monoisotopic (exact) mass is 477 g/mol. The molecule has 1 atom stereocenters. The number of rotatable bonds is 6. The lowest BCUT2D eigenvalue weighted by Gasteiger charge is -2.46. The van der Waals surface area contributed by atoms with E-state index in [1.54, 1.807) is 30.3 Å². The number of hydrogen-bond acceptors (Lipinski definition) is 6. The Morgan fingerprint density at radius 3 is 2.17 bits per heavy atom. The van der Waals surface area contributed by atoms with Crippen molar-refractivity contribution in [2.75, 3.05) is 7.11 Å². The van der Waals surface area contributed by atoms with Crippen molar-refractivity contribution >= 4 is 11.0 Å². The van der Waals surface area contributed by atoms with Crippen LogP contribution < -0.4 is 10.4 Å². The molecular weight excluding hydrogens is 442 g/mol. The van der Waals surface area contributed by atoms with Gasteiger partial charge in [-0.2, -0.15) is 0 Å². The predicted molar refractivity (Wildman–Crippen MR) is 136 cm³/mol. The molecule has 6 nitrogen and oxygen atoms in total. The number of aromatic hydroxyl groups is 2. The van der Waals surface area contributed by atoms with Crippen molar-refractivity contribution in [3.8, 4) is 17.2 Å². The standard InChI is InChI=1S/C29H35NO5/c1-34-25-18-19(16-17-23(25)31)27(26-28(32)22-14-8-9-15-24(22)35-29(26)33)30(20-10-4-2-5-11-20)21-12-6-3-7-13-21/h8-9,14-18,20-21,27,31-32H,2-7,10-13H2,1H3. The van der Waals surface area contributed by atoms with Gasteiger partial charge in [0.15, 0.2) is 11.5 Å². The van der Waals surface area contributed by atoms with Gasteiger partial charge in [-0.15, -0.1) is 0 Å². The first-order valence-electron chi connectivity index (χ1n) is 13.0. The second-order valence-electron chi connectivity index (χ2n) is 10.0. The Kier molecular flexibility index (Phi) is 7.00. The second kappa shape index (κ2) is 10.3. The number of hydrogen-bond donors (Lipinski definition) is 2. The lowest BCUT2D eigenvalue weighted by Crippen LogP contribution is -2.48. The van der Waals surface area contributed by atoms with Crippen LogP contribution in [0.1, 0.15) is 81.4 Å². The van der Waals surface area contributed by atoms with Gasteiger partial charge in [0.2, 0.25) is 0 Å². The van der Waals surface area contributed by atoms with Gasteiger partial charge in [0, 0.05) is 12.1 Å². The Morgan fingerprint density at radius 1 is 0.914 bits per heavy atom. The molecule has 0 spiro atoms. The first-order chi connectivity index (χ1) is 17.1. The number of para-hydroxylation sites is 1. The molecule has 0 bridgehead atoms. The maximum absolute atomic E-state index is 13.5. The van der Waals surface area contributed by atoms with Crippen LogP contribution in [-0.4, -0.2) is 34.3 Å². The number of fused-ring (bicyclic) bond motifs is 1. The minimum absolute atomic E-state index is 0.0227. The molecule has 0 saturated heterocycles. The number of phenols is 1. The maximum atomic E-state index is 13.5. The van der Waals surface area contributed by atoms with Crippen molar-refractivity contribution < 1.29 is 19.4 Å². The first kappa shape index (κ1) is 23.7. The molecule has 3 aromatic rings. The molecule has 186 valence electrons. The molecule has 2 aromatic carbocycles. The highest BCUT2D eigenvalue weighted by molar-refractivity contribution is 5.84. The van der Waals surface area contributed by atoms with Crippen molar-refractivity contribution in [3.05, 3.63) is 64.0 Å². The molecule has 2 aliphatic rings. The van der Waals surface area contributed by atoms with Crippen molar-refractivity contribution in [1.82, 2.24) is 4.90 Å². The highest BCUT2D eigenvalue weighted by Gasteiger charge is 2.39. The lowest BCUT2D eigenvalue weighted by atomic mass is 9.84. The molecule has 2 fully saturated rings. The van der Waals surface area contributed by atoms with Crippen LogP contribution in [0.2, 0.25) is 0 Å². The number of benzene rings is 2. The highest BCUT2D eigenvalue weighted by atomic mass is 16.5. The summed E-state index contributed by atoms with van der Waals surface area (Å²) in [6.07, 6.45) is 11.4. The Morgan fingerprint density at radius 2 is 1.54 bits per heavy atom. The maximum Gasteiger partial charge on any atom is 0.345 e. The topological polar surface area (TPSA) is 83.1 Å². The van der Waals surface area contributed by atoms with Gasteiger partial charge in [0.25, 0.3) is 0 Å². The molecule has 0 radical (unpaired) electrons. The van der Waals surface area contributed by atoms with Gasteiger partial charge in [-0.25, -0.2) is 4.79 Å².